The van der Waals surface area contributed by atoms with Crippen molar-refractivity contribution in [1.29, 1.82) is 0 Å². The maximum atomic E-state index is 12.1. The maximum absolute atomic E-state index is 12.1. The van der Waals surface area contributed by atoms with Crippen LogP contribution < -0.4 is 16.0 Å². The number of nitrogens with two attached hydrogens (primary N) is 1. The molecule has 0 aromatic heterocycles. The molecule has 0 spiro atoms. The van der Waals surface area contributed by atoms with Crippen molar-refractivity contribution in [2.24, 2.45) is 5.73 Å². The molecule has 0 saturated heterocycles. The lowest BCUT2D eigenvalue weighted by Crippen LogP contribution is -2.39. The molecule has 122 valence electrons. The van der Waals surface area contributed by atoms with Crippen LogP contribution in [0.4, 0.5) is 5.69 Å². The zero-order chi connectivity index (χ0) is 16.7. The predicted octanol–water partition coefficient (Wildman–Crippen LogP) is 2.64. The number of amides is 1. The molecule has 0 aliphatic rings. The van der Waals surface area contributed by atoms with E-state index in [9.17, 15) is 4.79 Å². The lowest BCUT2D eigenvalue weighted by molar-refractivity contribution is -0.122. The number of rotatable bonds is 7. The number of nitrogens with zero attached hydrogens (tertiary/aromatic N) is 1. The van der Waals surface area contributed by atoms with Gasteiger partial charge in [0.25, 0.3) is 0 Å². The number of carbonyl (C=O) groups excluding carboxylic acids is 1. The van der Waals surface area contributed by atoms with Crippen LogP contribution in [0, 0.1) is 6.92 Å². The van der Waals surface area contributed by atoms with Crippen LogP contribution in [0.5, 0.6) is 0 Å². The van der Waals surface area contributed by atoms with Crippen LogP contribution >= 0.6 is 0 Å². The third-order valence-corrected chi connectivity index (χ3v) is 3.87. The first kappa shape index (κ1) is 17.0. The Morgan fingerprint density at radius 1 is 1.17 bits per heavy atom. The molecule has 1 amide bonds. The fourth-order valence-corrected chi connectivity index (χ4v) is 2.53. The van der Waals surface area contributed by atoms with Gasteiger partial charge in [-0.2, -0.15) is 0 Å². The summed E-state index contributed by atoms with van der Waals surface area (Å²) >= 11 is 0. The van der Waals surface area contributed by atoms with E-state index in [0.717, 1.165) is 18.7 Å². The van der Waals surface area contributed by atoms with Gasteiger partial charge in [-0.1, -0.05) is 42.5 Å². The van der Waals surface area contributed by atoms with Crippen molar-refractivity contribution >= 4 is 11.6 Å². The Bertz CT molecular complexity index is 628. The summed E-state index contributed by atoms with van der Waals surface area (Å²) in [6.45, 7) is 6.41. The number of benzene rings is 2. The molecule has 4 nitrogen and oxygen atoms in total. The van der Waals surface area contributed by atoms with Crippen molar-refractivity contribution in [3.05, 3.63) is 65.7 Å². The molecule has 1 unspecified atom stereocenters. The van der Waals surface area contributed by atoms with Gasteiger partial charge in [-0.15, -0.1) is 0 Å². The molecule has 2 rings (SSSR count). The summed E-state index contributed by atoms with van der Waals surface area (Å²) in [7, 11) is 0. The third kappa shape index (κ3) is 4.83. The fourth-order valence-electron chi connectivity index (χ4n) is 2.53. The SMILES string of the molecule is CCN(CCNC(=O)C(N)c1ccccc1)c1cccc(C)c1. The average Bonchev–Trinajstić information content (AvgIpc) is 2.58. The number of nitrogens with one attached hydrogen (secondary N) is 1. The van der Waals surface area contributed by atoms with Gasteiger partial charge in [-0.05, 0) is 37.1 Å². The van der Waals surface area contributed by atoms with Crippen molar-refractivity contribution in [2.45, 2.75) is 19.9 Å². The summed E-state index contributed by atoms with van der Waals surface area (Å²) < 4.78 is 0. The molecule has 0 fully saturated rings. The Kier molecular flexibility index (Phi) is 6.18. The second-order valence-corrected chi connectivity index (χ2v) is 5.60. The molecular weight excluding hydrogens is 286 g/mol. The molecule has 1 atom stereocenters. The van der Waals surface area contributed by atoms with Gasteiger partial charge in [0.15, 0.2) is 0 Å². The maximum Gasteiger partial charge on any atom is 0.241 e. The highest BCUT2D eigenvalue weighted by Gasteiger charge is 2.15. The first-order valence-electron chi connectivity index (χ1n) is 8.01. The van der Waals surface area contributed by atoms with E-state index in [4.69, 9.17) is 5.73 Å². The van der Waals surface area contributed by atoms with Gasteiger partial charge < -0.3 is 16.0 Å². The van der Waals surface area contributed by atoms with Gasteiger partial charge in [0, 0.05) is 25.3 Å². The molecule has 0 aliphatic carbocycles. The normalized spacial score (nSPS) is 11.8. The minimum atomic E-state index is -0.620. The zero-order valence-corrected chi connectivity index (χ0v) is 13.8. The Morgan fingerprint density at radius 2 is 1.91 bits per heavy atom. The number of hydrogen-bond donors (Lipinski definition) is 2. The van der Waals surface area contributed by atoms with Crippen molar-refractivity contribution in [1.82, 2.24) is 5.32 Å². The molecule has 2 aromatic rings. The highest BCUT2D eigenvalue weighted by Crippen LogP contribution is 2.15. The number of anilines is 1. The second kappa shape index (κ2) is 8.34. The molecule has 2 aromatic carbocycles. The number of aryl methyl sites for hydroxylation is 1. The monoisotopic (exact) mass is 311 g/mol. The molecule has 0 bridgehead atoms. The first-order valence-corrected chi connectivity index (χ1v) is 8.01. The molecule has 0 radical (unpaired) electrons. The van der Waals surface area contributed by atoms with Gasteiger partial charge in [-0.3, -0.25) is 4.79 Å². The standard InChI is InChI=1S/C19H25N3O/c1-3-22(17-11-7-8-15(2)14-17)13-12-21-19(23)18(20)16-9-5-4-6-10-16/h4-11,14,18H,3,12-13,20H2,1-2H3,(H,21,23). The van der Waals surface area contributed by atoms with Crippen molar-refractivity contribution in [3.63, 3.8) is 0 Å². The molecular formula is C19H25N3O. The Hall–Kier alpha value is -2.33. The Balaban J connectivity index is 1.87. The van der Waals surface area contributed by atoms with E-state index in [-0.39, 0.29) is 5.91 Å². The minimum absolute atomic E-state index is 0.142. The first-order chi connectivity index (χ1) is 11.1. The molecule has 0 aliphatic heterocycles. The summed E-state index contributed by atoms with van der Waals surface area (Å²) in [6, 6.07) is 17.2. The molecule has 0 saturated carbocycles. The van der Waals surface area contributed by atoms with Crippen LogP contribution in [0.2, 0.25) is 0 Å². The predicted molar refractivity (Wildman–Crippen MR) is 95.4 cm³/mol. The smallest absolute Gasteiger partial charge is 0.241 e. The largest absolute Gasteiger partial charge is 0.370 e. The summed E-state index contributed by atoms with van der Waals surface area (Å²) in [5.41, 5.74) is 9.23. The summed E-state index contributed by atoms with van der Waals surface area (Å²) in [5, 5.41) is 2.92. The molecule has 0 heterocycles. The van der Waals surface area contributed by atoms with Crippen molar-refractivity contribution < 1.29 is 4.79 Å². The van der Waals surface area contributed by atoms with Gasteiger partial charge in [0.1, 0.15) is 6.04 Å². The second-order valence-electron chi connectivity index (χ2n) is 5.60. The van der Waals surface area contributed by atoms with Crippen LogP contribution in [-0.2, 0) is 4.79 Å². The fraction of sp³-hybridized carbons (Fsp3) is 0.316. The van der Waals surface area contributed by atoms with Crippen LogP contribution in [0.25, 0.3) is 0 Å². The lowest BCUT2D eigenvalue weighted by Gasteiger charge is -2.24. The van der Waals surface area contributed by atoms with E-state index in [1.807, 2.05) is 30.3 Å². The molecule has 3 N–H and O–H groups in total. The van der Waals surface area contributed by atoms with E-state index in [0.29, 0.717) is 6.54 Å². The highest BCUT2D eigenvalue weighted by molar-refractivity contribution is 5.82. The summed E-state index contributed by atoms with van der Waals surface area (Å²) in [6.07, 6.45) is 0. The molecule has 23 heavy (non-hydrogen) atoms. The van der Waals surface area contributed by atoms with E-state index in [2.05, 4.69) is 48.3 Å². The van der Waals surface area contributed by atoms with Crippen molar-refractivity contribution in [3.8, 4) is 0 Å². The lowest BCUT2D eigenvalue weighted by atomic mass is 10.1. The van der Waals surface area contributed by atoms with E-state index in [1.165, 1.54) is 11.3 Å². The van der Waals surface area contributed by atoms with Gasteiger partial charge in [0.2, 0.25) is 5.91 Å². The quantitative estimate of drug-likeness (QED) is 0.826. The van der Waals surface area contributed by atoms with Gasteiger partial charge in [-0.25, -0.2) is 0 Å². The zero-order valence-electron chi connectivity index (χ0n) is 13.8. The number of likely N-dealkylation sites (N-methyl/N-ethyl adjacent to an activating group) is 1. The molecule has 4 heteroatoms. The number of hydrogen-bond acceptors (Lipinski definition) is 3. The van der Waals surface area contributed by atoms with E-state index in [1.54, 1.807) is 0 Å². The van der Waals surface area contributed by atoms with Crippen LogP contribution in [0.1, 0.15) is 24.1 Å². The van der Waals surface area contributed by atoms with Crippen LogP contribution in [0.15, 0.2) is 54.6 Å². The van der Waals surface area contributed by atoms with Crippen molar-refractivity contribution in [2.75, 3.05) is 24.5 Å². The average molecular weight is 311 g/mol. The Labute approximate surface area is 138 Å². The van der Waals surface area contributed by atoms with Crippen LogP contribution in [-0.4, -0.2) is 25.5 Å². The van der Waals surface area contributed by atoms with E-state index >= 15 is 0 Å². The third-order valence-electron chi connectivity index (χ3n) is 3.87. The summed E-state index contributed by atoms with van der Waals surface area (Å²) in [5.74, 6) is -0.142. The van der Waals surface area contributed by atoms with Gasteiger partial charge >= 0.3 is 0 Å². The van der Waals surface area contributed by atoms with Gasteiger partial charge in [0.05, 0.1) is 0 Å². The number of carbonyl (C=O) groups is 1. The minimum Gasteiger partial charge on any atom is -0.370 e. The highest BCUT2D eigenvalue weighted by atomic mass is 16.2. The summed E-state index contributed by atoms with van der Waals surface area (Å²) in [4.78, 5) is 14.4. The van der Waals surface area contributed by atoms with Crippen LogP contribution in [0.3, 0.4) is 0 Å². The Morgan fingerprint density at radius 3 is 2.57 bits per heavy atom. The van der Waals surface area contributed by atoms with E-state index < -0.39 is 6.04 Å². The topological polar surface area (TPSA) is 58.4 Å².